The van der Waals surface area contributed by atoms with E-state index in [9.17, 15) is 9.59 Å². The molecule has 2 saturated heterocycles. The van der Waals surface area contributed by atoms with E-state index in [1.807, 2.05) is 39.9 Å². The van der Waals surface area contributed by atoms with Crippen LogP contribution in [0.2, 0.25) is 0 Å². The van der Waals surface area contributed by atoms with Gasteiger partial charge in [0, 0.05) is 54.3 Å². The molecule has 0 saturated carbocycles. The lowest BCUT2D eigenvalue weighted by Crippen LogP contribution is -2.37. The Hall–Kier alpha value is -2.19. The van der Waals surface area contributed by atoms with Crippen LogP contribution in [-0.4, -0.2) is 63.4 Å². The van der Waals surface area contributed by atoms with Gasteiger partial charge in [0.25, 0.3) is 5.91 Å². The van der Waals surface area contributed by atoms with Crippen LogP contribution in [0.15, 0.2) is 34.6 Å². The summed E-state index contributed by atoms with van der Waals surface area (Å²) in [5.41, 5.74) is 2.38. The molecule has 2 aliphatic heterocycles. The van der Waals surface area contributed by atoms with Crippen LogP contribution in [0, 0.1) is 0 Å². The lowest BCUT2D eigenvalue weighted by molar-refractivity contribution is -0.132. The number of piperidine rings is 1. The molecular weight excluding hydrogens is 452 g/mol. The lowest BCUT2D eigenvalue weighted by Gasteiger charge is -2.27. The molecule has 0 unspecified atom stereocenters. The first-order chi connectivity index (χ1) is 13.9. The summed E-state index contributed by atoms with van der Waals surface area (Å²) in [4.78, 5) is 30.5. The summed E-state index contributed by atoms with van der Waals surface area (Å²) in [6, 6.07) is 5.99. The molecule has 1 aromatic carbocycles. The van der Waals surface area contributed by atoms with Gasteiger partial charge in [0.2, 0.25) is 5.91 Å². The quantitative estimate of drug-likeness (QED) is 0.504. The summed E-state index contributed by atoms with van der Waals surface area (Å²) in [6.07, 6.45) is 7.15. The fourth-order valence-corrected chi connectivity index (χ4v) is 4.51. The Morgan fingerprint density at radius 3 is 2.55 bits per heavy atom. The van der Waals surface area contributed by atoms with Gasteiger partial charge in [0.15, 0.2) is 5.11 Å². The number of carbonyl (C=O) groups is 2. The van der Waals surface area contributed by atoms with Gasteiger partial charge in [-0.05, 0) is 55.8 Å². The van der Waals surface area contributed by atoms with Gasteiger partial charge in [-0.25, -0.2) is 0 Å². The summed E-state index contributed by atoms with van der Waals surface area (Å²) < 4.78 is 2.93. The van der Waals surface area contributed by atoms with Crippen LogP contribution in [0.25, 0.3) is 17.0 Å². The predicted octanol–water partition coefficient (Wildman–Crippen LogP) is 3.45. The number of benzene rings is 1. The van der Waals surface area contributed by atoms with Gasteiger partial charge in [-0.3, -0.25) is 14.5 Å². The molecule has 6 nitrogen and oxygen atoms in total. The average molecular weight is 475 g/mol. The molecule has 0 atom stereocenters. The molecule has 8 heteroatoms. The Balaban J connectivity index is 1.73. The van der Waals surface area contributed by atoms with Gasteiger partial charge in [0.05, 0.1) is 0 Å². The maximum Gasteiger partial charge on any atom is 0.276 e. The maximum absolute atomic E-state index is 12.8. The van der Waals surface area contributed by atoms with Crippen LogP contribution < -0.4 is 0 Å². The normalized spacial score (nSPS) is 19.1. The van der Waals surface area contributed by atoms with Crippen molar-refractivity contribution in [3.8, 4) is 0 Å². The fraction of sp³-hybridized carbons (Fsp3) is 0.381. The highest BCUT2D eigenvalue weighted by molar-refractivity contribution is 9.10. The van der Waals surface area contributed by atoms with Crippen molar-refractivity contribution >= 4 is 62.1 Å². The number of amides is 2. The van der Waals surface area contributed by atoms with Crippen molar-refractivity contribution in [3.63, 3.8) is 0 Å². The smallest absolute Gasteiger partial charge is 0.276 e. The SMILES string of the molecule is CN1C(=O)/C(=C/c2cn(CC(=O)N3CCCCC3)c3ccc(Br)cc23)N(C)C1=S. The Labute approximate surface area is 183 Å². The number of halogens is 1. The molecule has 2 fully saturated rings. The van der Waals surface area contributed by atoms with Gasteiger partial charge in [0.1, 0.15) is 12.2 Å². The second-order valence-electron chi connectivity index (χ2n) is 7.55. The number of nitrogens with zero attached hydrogens (tertiary/aromatic N) is 4. The molecule has 0 bridgehead atoms. The second kappa shape index (κ2) is 7.91. The summed E-state index contributed by atoms with van der Waals surface area (Å²) in [6.45, 7) is 1.97. The summed E-state index contributed by atoms with van der Waals surface area (Å²) >= 11 is 8.85. The highest BCUT2D eigenvalue weighted by Gasteiger charge is 2.33. The number of likely N-dealkylation sites (tertiary alicyclic amines) is 1. The highest BCUT2D eigenvalue weighted by Crippen LogP contribution is 2.29. The molecule has 2 aromatic rings. The number of aromatic nitrogens is 1. The number of fused-ring (bicyclic) bond motifs is 1. The van der Waals surface area contributed by atoms with E-state index in [1.165, 1.54) is 11.3 Å². The minimum Gasteiger partial charge on any atom is -0.341 e. The van der Waals surface area contributed by atoms with Crippen LogP contribution in [0.5, 0.6) is 0 Å². The molecule has 0 radical (unpaired) electrons. The van der Waals surface area contributed by atoms with E-state index >= 15 is 0 Å². The van der Waals surface area contributed by atoms with Crippen molar-refractivity contribution in [1.82, 2.24) is 19.3 Å². The Bertz CT molecular complexity index is 1040. The maximum atomic E-state index is 12.8. The molecule has 1 aromatic heterocycles. The Morgan fingerprint density at radius 2 is 1.90 bits per heavy atom. The number of rotatable bonds is 3. The van der Waals surface area contributed by atoms with E-state index in [2.05, 4.69) is 15.9 Å². The van der Waals surface area contributed by atoms with Crippen LogP contribution in [-0.2, 0) is 16.1 Å². The average Bonchev–Trinajstić information content (AvgIpc) is 3.14. The molecule has 0 aliphatic carbocycles. The molecule has 152 valence electrons. The summed E-state index contributed by atoms with van der Waals surface area (Å²) in [7, 11) is 3.48. The van der Waals surface area contributed by atoms with E-state index in [1.54, 1.807) is 19.0 Å². The van der Waals surface area contributed by atoms with Crippen molar-refractivity contribution in [1.29, 1.82) is 0 Å². The number of hydrogen-bond donors (Lipinski definition) is 0. The van der Waals surface area contributed by atoms with Crippen molar-refractivity contribution in [2.75, 3.05) is 27.2 Å². The zero-order chi connectivity index (χ0) is 20.7. The van der Waals surface area contributed by atoms with Crippen LogP contribution in [0.1, 0.15) is 24.8 Å². The van der Waals surface area contributed by atoms with E-state index < -0.39 is 0 Å². The predicted molar refractivity (Wildman–Crippen MR) is 121 cm³/mol. The Morgan fingerprint density at radius 1 is 1.17 bits per heavy atom. The molecule has 0 N–H and O–H groups in total. The monoisotopic (exact) mass is 474 g/mol. The largest absolute Gasteiger partial charge is 0.341 e. The van der Waals surface area contributed by atoms with E-state index in [4.69, 9.17) is 12.2 Å². The molecule has 2 amide bonds. The van der Waals surface area contributed by atoms with Gasteiger partial charge in [-0.15, -0.1) is 0 Å². The molecule has 4 rings (SSSR count). The number of likely N-dealkylation sites (N-methyl/N-ethyl adjacent to an activating group) is 2. The van der Waals surface area contributed by atoms with Gasteiger partial charge in [-0.2, -0.15) is 0 Å². The molecular formula is C21H23BrN4O2S. The summed E-state index contributed by atoms with van der Waals surface area (Å²) in [5, 5.41) is 1.46. The first kappa shape index (κ1) is 20.1. The van der Waals surface area contributed by atoms with E-state index in [-0.39, 0.29) is 11.8 Å². The minimum absolute atomic E-state index is 0.127. The fourth-order valence-electron chi connectivity index (χ4n) is 3.97. The van der Waals surface area contributed by atoms with Gasteiger partial charge in [-0.1, -0.05) is 15.9 Å². The first-order valence-corrected chi connectivity index (χ1v) is 10.9. The van der Waals surface area contributed by atoms with Crippen molar-refractivity contribution in [3.05, 3.63) is 40.1 Å². The van der Waals surface area contributed by atoms with Crippen LogP contribution in [0.4, 0.5) is 0 Å². The molecule has 2 aliphatic rings. The van der Waals surface area contributed by atoms with Gasteiger partial charge >= 0.3 is 0 Å². The zero-order valence-electron chi connectivity index (χ0n) is 16.5. The Kier molecular flexibility index (Phi) is 5.48. The lowest BCUT2D eigenvalue weighted by atomic mass is 10.1. The molecule has 0 spiro atoms. The second-order valence-corrected chi connectivity index (χ2v) is 8.83. The minimum atomic E-state index is -0.127. The van der Waals surface area contributed by atoms with Crippen molar-refractivity contribution in [2.24, 2.45) is 0 Å². The highest BCUT2D eigenvalue weighted by atomic mass is 79.9. The number of thiocarbonyl (C=S) groups is 1. The van der Waals surface area contributed by atoms with Crippen LogP contribution in [0.3, 0.4) is 0 Å². The third-order valence-corrected chi connectivity index (χ3v) is 6.68. The van der Waals surface area contributed by atoms with Crippen LogP contribution >= 0.6 is 28.1 Å². The van der Waals surface area contributed by atoms with Crippen molar-refractivity contribution in [2.45, 2.75) is 25.8 Å². The van der Waals surface area contributed by atoms with E-state index in [0.717, 1.165) is 46.9 Å². The number of carbonyl (C=O) groups excluding carboxylic acids is 2. The third kappa shape index (κ3) is 3.71. The topological polar surface area (TPSA) is 48.8 Å². The standard InChI is InChI=1S/C21H23BrN4O2S/c1-23-18(20(28)24(2)21(23)29)10-14-12-26(17-7-6-15(22)11-16(14)17)13-19(27)25-8-4-3-5-9-25/h6-7,10-12H,3-5,8-9,13H2,1-2H3/b18-10-. The van der Waals surface area contributed by atoms with Crippen molar-refractivity contribution < 1.29 is 9.59 Å². The first-order valence-electron chi connectivity index (χ1n) is 9.70. The zero-order valence-corrected chi connectivity index (χ0v) is 18.9. The third-order valence-electron chi connectivity index (χ3n) is 5.64. The molecule has 3 heterocycles. The summed E-state index contributed by atoms with van der Waals surface area (Å²) in [5.74, 6) is 0.0106. The molecule has 29 heavy (non-hydrogen) atoms. The van der Waals surface area contributed by atoms with E-state index in [0.29, 0.717) is 17.4 Å². The number of hydrogen-bond acceptors (Lipinski definition) is 3. The van der Waals surface area contributed by atoms with Gasteiger partial charge < -0.3 is 14.4 Å².